The zero-order valence-corrected chi connectivity index (χ0v) is 17.9. The van der Waals surface area contributed by atoms with E-state index in [1.165, 1.54) is 5.56 Å². The summed E-state index contributed by atoms with van der Waals surface area (Å²) in [5.41, 5.74) is 1.93. The Kier molecular flexibility index (Phi) is 6.77. The van der Waals surface area contributed by atoms with E-state index in [4.69, 9.17) is 4.74 Å². The average molecular weight is 411 g/mol. The van der Waals surface area contributed by atoms with Crippen molar-refractivity contribution in [1.82, 2.24) is 9.80 Å². The maximum atomic E-state index is 12.6. The number of carboxylic acid groups (broad SMARTS) is 1. The maximum Gasteiger partial charge on any atom is 0.410 e. The van der Waals surface area contributed by atoms with Gasteiger partial charge in [-0.05, 0) is 50.5 Å². The van der Waals surface area contributed by atoms with Gasteiger partial charge < -0.3 is 14.7 Å². The minimum Gasteiger partial charge on any atom is -0.478 e. The lowest BCUT2D eigenvalue weighted by Crippen LogP contribution is -2.55. The van der Waals surface area contributed by atoms with Gasteiger partial charge in [0.25, 0.3) is 0 Å². The van der Waals surface area contributed by atoms with Gasteiger partial charge >= 0.3 is 12.1 Å². The van der Waals surface area contributed by atoms with Crippen LogP contribution in [0.4, 0.5) is 4.79 Å². The standard InChI is InChI=1S/C24H30N2O4/c1-24(2,3)30-23(29)26-13-12-25(16-19-10-7-11-20(14-19)22(27)28)21(17-26)15-18-8-5-4-6-9-18/h4-11,14,21H,12-13,15-17H2,1-3H3,(H,27,28)/t21-/m1/s1. The summed E-state index contributed by atoms with van der Waals surface area (Å²) >= 11 is 0. The molecule has 0 saturated carbocycles. The second-order valence-electron chi connectivity index (χ2n) is 8.75. The van der Waals surface area contributed by atoms with Crippen molar-refractivity contribution in [2.75, 3.05) is 19.6 Å². The van der Waals surface area contributed by atoms with Gasteiger partial charge in [0.2, 0.25) is 0 Å². The molecule has 6 nitrogen and oxygen atoms in total. The maximum absolute atomic E-state index is 12.6. The second kappa shape index (κ2) is 9.30. The van der Waals surface area contributed by atoms with Crippen LogP contribution in [0.25, 0.3) is 0 Å². The van der Waals surface area contributed by atoms with E-state index in [9.17, 15) is 14.7 Å². The van der Waals surface area contributed by atoms with Crippen LogP contribution in [0.5, 0.6) is 0 Å². The van der Waals surface area contributed by atoms with Gasteiger partial charge in [0.05, 0.1) is 5.56 Å². The quantitative estimate of drug-likeness (QED) is 0.805. The van der Waals surface area contributed by atoms with Gasteiger partial charge in [-0.2, -0.15) is 0 Å². The van der Waals surface area contributed by atoms with E-state index in [-0.39, 0.29) is 12.1 Å². The molecular formula is C24H30N2O4. The summed E-state index contributed by atoms with van der Waals surface area (Å²) in [6.45, 7) is 8.12. The van der Waals surface area contributed by atoms with E-state index in [0.29, 0.717) is 31.7 Å². The van der Waals surface area contributed by atoms with Crippen LogP contribution in [0, 0.1) is 0 Å². The fourth-order valence-electron chi connectivity index (χ4n) is 3.71. The number of piperazine rings is 1. The molecule has 1 amide bonds. The number of hydrogen-bond donors (Lipinski definition) is 1. The third kappa shape index (κ3) is 6.07. The predicted molar refractivity (Wildman–Crippen MR) is 116 cm³/mol. The van der Waals surface area contributed by atoms with Crippen LogP contribution in [-0.4, -0.2) is 58.2 Å². The largest absolute Gasteiger partial charge is 0.478 e. The lowest BCUT2D eigenvalue weighted by Gasteiger charge is -2.42. The van der Waals surface area contributed by atoms with E-state index < -0.39 is 11.6 Å². The minimum absolute atomic E-state index is 0.113. The van der Waals surface area contributed by atoms with E-state index in [1.54, 1.807) is 23.1 Å². The Hall–Kier alpha value is -2.86. The van der Waals surface area contributed by atoms with Crippen LogP contribution in [-0.2, 0) is 17.7 Å². The highest BCUT2D eigenvalue weighted by molar-refractivity contribution is 5.87. The van der Waals surface area contributed by atoms with Crippen LogP contribution in [0.15, 0.2) is 54.6 Å². The van der Waals surface area contributed by atoms with E-state index in [0.717, 1.165) is 12.0 Å². The first-order chi connectivity index (χ1) is 14.2. The van der Waals surface area contributed by atoms with Crippen LogP contribution < -0.4 is 0 Å². The van der Waals surface area contributed by atoms with Crippen molar-refractivity contribution in [2.45, 2.75) is 45.4 Å². The Bertz CT molecular complexity index is 876. The van der Waals surface area contributed by atoms with Gasteiger partial charge in [-0.15, -0.1) is 0 Å². The minimum atomic E-state index is -0.924. The van der Waals surface area contributed by atoms with Crippen LogP contribution >= 0.6 is 0 Å². The number of carboxylic acids is 1. The molecule has 0 spiro atoms. The third-order valence-corrected chi connectivity index (χ3v) is 5.13. The van der Waals surface area contributed by atoms with E-state index in [2.05, 4.69) is 17.0 Å². The molecule has 1 aliphatic heterocycles. The Labute approximate surface area is 178 Å². The number of benzene rings is 2. The third-order valence-electron chi connectivity index (χ3n) is 5.13. The molecule has 6 heteroatoms. The molecule has 0 bridgehead atoms. The number of rotatable bonds is 5. The Balaban J connectivity index is 1.76. The first-order valence-corrected chi connectivity index (χ1v) is 10.3. The average Bonchev–Trinajstić information content (AvgIpc) is 2.69. The van der Waals surface area contributed by atoms with Crippen LogP contribution in [0.3, 0.4) is 0 Å². The number of amides is 1. The summed E-state index contributed by atoms with van der Waals surface area (Å²) < 4.78 is 5.57. The van der Waals surface area contributed by atoms with Crippen molar-refractivity contribution in [1.29, 1.82) is 0 Å². The van der Waals surface area contributed by atoms with Gasteiger partial charge in [-0.1, -0.05) is 42.5 Å². The molecule has 1 fully saturated rings. The molecule has 1 atom stereocenters. The molecular weight excluding hydrogens is 380 g/mol. The molecule has 1 heterocycles. The second-order valence-corrected chi connectivity index (χ2v) is 8.75. The molecule has 1 N–H and O–H groups in total. The zero-order valence-electron chi connectivity index (χ0n) is 17.9. The van der Waals surface area contributed by atoms with Crippen LogP contribution in [0.1, 0.15) is 42.3 Å². The molecule has 2 aromatic carbocycles. The number of hydrogen-bond acceptors (Lipinski definition) is 4. The Morgan fingerprint density at radius 3 is 2.40 bits per heavy atom. The molecule has 0 aliphatic carbocycles. The molecule has 30 heavy (non-hydrogen) atoms. The summed E-state index contributed by atoms with van der Waals surface area (Å²) in [4.78, 5) is 28.0. The van der Waals surface area contributed by atoms with Crippen molar-refractivity contribution >= 4 is 12.1 Å². The Morgan fingerprint density at radius 1 is 1.03 bits per heavy atom. The topological polar surface area (TPSA) is 70.1 Å². The van der Waals surface area contributed by atoms with Crippen molar-refractivity contribution in [2.24, 2.45) is 0 Å². The number of nitrogens with zero attached hydrogens (tertiary/aromatic N) is 2. The SMILES string of the molecule is CC(C)(C)OC(=O)N1CCN(Cc2cccc(C(=O)O)c2)[C@H](Cc2ccccc2)C1. The molecule has 1 saturated heterocycles. The Morgan fingerprint density at radius 2 is 1.73 bits per heavy atom. The lowest BCUT2D eigenvalue weighted by atomic mass is 10.0. The summed E-state index contributed by atoms with van der Waals surface area (Å²) in [5.74, 6) is -0.924. The number of aromatic carboxylic acids is 1. The summed E-state index contributed by atoms with van der Waals surface area (Å²) in [5, 5.41) is 9.28. The zero-order chi connectivity index (χ0) is 21.7. The highest BCUT2D eigenvalue weighted by Gasteiger charge is 2.32. The summed E-state index contributed by atoms with van der Waals surface area (Å²) in [6, 6.07) is 17.4. The van der Waals surface area contributed by atoms with Crippen LogP contribution in [0.2, 0.25) is 0 Å². The van der Waals surface area contributed by atoms with Gasteiger partial charge in [-0.3, -0.25) is 4.90 Å². The van der Waals surface area contributed by atoms with Crippen molar-refractivity contribution in [3.63, 3.8) is 0 Å². The molecule has 2 aromatic rings. The molecule has 0 unspecified atom stereocenters. The fourth-order valence-corrected chi connectivity index (χ4v) is 3.71. The molecule has 3 rings (SSSR count). The van der Waals surface area contributed by atoms with E-state index in [1.807, 2.05) is 45.0 Å². The normalized spacial score (nSPS) is 17.6. The number of carbonyl (C=O) groups excluding carboxylic acids is 1. The van der Waals surface area contributed by atoms with E-state index >= 15 is 0 Å². The molecule has 0 aromatic heterocycles. The number of carbonyl (C=O) groups is 2. The molecule has 0 radical (unpaired) electrons. The van der Waals surface area contributed by atoms with Crippen molar-refractivity contribution < 1.29 is 19.4 Å². The van der Waals surface area contributed by atoms with Gasteiger partial charge in [0.15, 0.2) is 0 Å². The molecule has 160 valence electrons. The fraction of sp³-hybridized carbons (Fsp3) is 0.417. The van der Waals surface area contributed by atoms with Gasteiger partial charge in [0.1, 0.15) is 5.60 Å². The summed E-state index contributed by atoms with van der Waals surface area (Å²) in [7, 11) is 0. The molecule has 1 aliphatic rings. The van der Waals surface area contributed by atoms with Gasteiger partial charge in [0, 0.05) is 32.2 Å². The number of ether oxygens (including phenoxy) is 1. The van der Waals surface area contributed by atoms with Crippen molar-refractivity contribution in [3.8, 4) is 0 Å². The van der Waals surface area contributed by atoms with Crippen molar-refractivity contribution in [3.05, 3.63) is 71.3 Å². The first-order valence-electron chi connectivity index (χ1n) is 10.3. The monoisotopic (exact) mass is 410 g/mol. The lowest BCUT2D eigenvalue weighted by molar-refractivity contribution is 0.00238. The predicted octanol–water partition coefficient (Wildman–Crippen LogP) is 4.05. The smallest absolute Gasteiger partial charge is 0.410 e. The highest BCUT2D eigenvalue weighted by atomic mass is 16.6. The van der Waals surface area contributed by atoms with Gasteiger partial charge in [-0.25, -0.2) is 9.59 Å². The highest BCUT2D eigenvalue weighted by Crippen LogP contribution is 2.20. The first kappa shape index (κ1) is 21.8. The summed E-state index contributed by atoms with van der Waals surface area (Å²) in [6.07, 6.45) is 0.520.